The zero-order valence-electron chi connectivity index (χ0n) is 10.8. The van der Waals surface area contributed by atoms with Gasteiger partial charge in [-0.25, -0.2) is 5.43 Å². The van der Waals surface area contributed by atoms with Gasteiger partial charge in [-0.1, -0.05) is 46.3 Å². The van der Waals surface area contributed by atoms with Crippen molar-refractivity contribution in [2.24, 2.45) is 5.84 Å². The minimum absolute atomic E-state index is 0.0498. The van der Waals surface area contributed by atoms with Crippen molar-refractivity contribution in [2.75, 3.05) is 6.61 Å². The van der Waals surface area contributed by atoms with E-state index < -0.39 is 0 Å². The van der Waals surface area contributed by atoms with Crippen molar-refractivity contribution < 1.29 is 4.74 Å². The van der Waals surface area contributed by atoms with Gasteiger partial charge in [-0.3, -0.25) is 5.84 Å². The van der Waals surface area contributed by atoms with Crippen molar-refractivity contribution in [3.05, 3.63) is 64.1 Å². The molecule has 3 N–H and O–H groups in total. The largest absolute Gasteiger partial charge is 0.494 e. The second-order valence-electron chi connectivity index (χ2n) is 4.12. The van der Waals surface area contributed by atoms with E-state index in [9.17, 15) is 0 Å². The van der Waals surface area contributed by atoms with Crippen molar-refractivity contribution in [2.45, 2.75) is 13.0 Å². The fraction of sp³-hybridized carbons (Fsp3) is 0.200. The van der Waals surface area contributed by atoms with Crippen molar-refractivity contribution >= 4 is 15.9 Å². The van der Waals surface area contributed by atoms with E-state index in [2.05, 4.69) is 21.4 Å². The first-order valence-electron chi connectivity index (χ1n) is 6.19. The molecule has 1 atom stereocenters. The van der Waals surface area contributed by atoms with Gasteiger partial charge in [0.05, 0.1) is 12.6 Å². The number of halogens is 1. The van der Waals surface area contributed by atoms with E-state index in [0.29, 0.717) is 6.61 Å². The molecule has 2 aromatic rings. The van der Waals surface area contributed by atoms with Crippen molar-refractivity contribution in [3.8, 4) is 5.75 Å². The third-order valence-electron chi connectivity index (χ3n) is 2.91. The molecule has 19 heavy (non-hydrogen) atoms. The first-order chi connectivity index (χ1) is 9.26. The lowest BCUT2D eigenvalue weighted by Crippen LogP contribution is -2.29. The molecule has 3 nitrogen and oxygen atoms in total. The van der Waals surface area contributed by atoms with Gasteiger partial charge in [0, 0.05) is 4.47 Å². The van der Waals surface area contributed by atoms with Gasteiger partial charge in [0.25, 0.3) is 0 Å². The van der Waals surface area contributed by atoms with E-state index >= 15 is 0 Å². The molecule has 0 aliphatic rings. The average molecular weight is 321 g/mol. The molecule has 1 unspecified atom stereocenters. The summed E-state index contributed by atoms with van der Waals surface area (Å²) in [5.41, 5.74) is 5.06. The van der Waals surface area contributed by atoms with Crippen molar-refractivity contribution in [3.63, 3.8) is 0 Å². The summed E-state index contributed by atoms with van der Waals surface area (Å²) in [5.74, 6) is 6.57. The van der Waals surface area contributed by atoms with E-state index in [1.807, 2.05) is 55.5 Å². The first kappa shape index (κ1) is 14.1. The summed E-state index contributed by atoms with van der Waals surface area (Å²) >= 11 is 3.55. The Balaban J connectivity index is 2.29. The quantitative estimate of drug-likeness (QED) is 0.655. The second kappa shape index (κ2) is 6.70. The van der Waals surface area contributed by atoms with Crippen LogP contribution in [-0.4, -0.2) is 6.61 Å². The third-order valence-corrected chi connectivity index (χ3v) is 3.63. The Morgan fingerprint density at radius 2 is 1.84 bits per heavy atom. The SMILES string of the molecule is CCOc1ccc(C(NN)c2ccccc2Br)cc1. The van der Waals surface area contributed by atoms with Gasteiger partial charge in [0.1, 0.15) is 5.75 Å². The maximum atomic E-state index is 5.70. The minimum atomic E-state index is -0.0498. The lowest BCUT2D eigenvalue weighted by molar-refractivity contribution is 0.340. The summed E-state index contributed by atoms with van der Waals surface area (Å²) in [6.07, 6.45) is 0. The molecule has 100 valence electrons. The molecule has 0 aromatic heterocycles. The molecule has 0 saturated heterocycles. The summed E-state index contributed by atoms with van der Waals surface area (Å²) in [5, 5.41) is 0. The molecule has 2 aromatic carbocycles. The highest BCUT2D eigenvalue weighted by Crippen LogP contribution is 2.28. The summed E-state index contributed by atoms with van der Waals surface area (Å²) in [7, 11) is 0. The van der Waals surface area contributed by atoms with E-state index in [1.54, 1.807) is 0 Å². The molecule has 0 saturated carbocycles. The van der Waals surface area contributed by atoms with Crippen molar-refractivity contribution in [1.29, 1.82) is 0 Å². The number of nitrogens with one attached hydrogen (secondary N) is 1. The smallest absolute Gasteiger partial charge is 0.119 e. The normalized spacial score (nSPS) is 12.2. The molecule has 0 aliphatic carbocycles. The molecule has 0 heterocycles. The van der Waals surface area contributed by atoms with E-state index in [4.69, 9.17) is 10.6 Å². The van der Waals surface area contributed by atoms with E-state index in [0.717, 1.165) is 21.3 Å². The fourth-order valence-electron chi connectivity index (χ4n) is 2.00. The number of hydrazine groups is 1. The van der Waals surface area contributed by atoms with Gasteiger partial charge < -0.3 is 4.74 Å². The molecule has 0 radical (unpaired) electrons. The Kier molecular flexibility index (Phi) is 4.96. The number of nitrogens with two attached hydrogens (primary N) is 1. The number of hydrogen-bond acceptors (Lipinski definition) is 3. The van der Waals surface area contributed by atoms with Gasteiger partial charge in [0.2, 0.25) is 0 Å². The predicted octanol–water partition coefficient (Wildman–Crippen LogP) is 3.40. The molecule has 0 bridgehead atoms. The monoisotopic (exact) mass is 320 g/mol. The molecular weight excluding hydrogens is 304 g/mol. The van der Waals surface area contributed by atoms with Crippen LogP contribution in [0.2, 0.25) is 0 Å². The Labute approximate surface area is 121 Å². The fourth-order valence-corrected chi connectivity index (χ4v) is 2.51. The van der Waals surface area contributed by atoms with Crippen LogP contribution in [0.1, 0.15) is 24.1 Å². The summed E-state index contributed by atoms with van der Waals surface area (Å²) in [4.78, 5) is 0. The van der Waals surface area contributed by atoms with Gasteiger partial charge in [-0.15, -0.1) is 0 Å². The Bertz CT molecular complexity index is 528. The molecule has 0 spiro atoms. The number of hydrogen-bond donors (Lipinski definition) is 2. The highest BCUT2D eigenvalue weighted by Gasteiger charge is 2.14. The lowest BCUT2D eigenvalue weighted by atomic mass is 9.99. The Morgan fingerprint density at radius 3 is 2.42 bits per heavy atom. The van der Waals surface area contributed by atoms with Crippen LogP contribution in [0.3, 0.4) is 0 Å². The van der Waals surface area contributed by atoms with E-state index in [1.165, 1.54) is 0 Å². The van der Waals surface area contributed by atoms with Gasteiger partial charge >= 0.3 is 0 Å². The van der Waals surface area contributed by atoms with Crippen LogP contribution in [0.15, 0.2) is 53.0 Å². The Morgan fingerprint density at radius 1 is 1.16 bits per heavy atom. The maximum Gasteiger partial charge on any atom is 0.119 e. The average Bonchev–Trinajstić information content (AvgIpc) is 2.44. The molecule has 0 amide bonds. The molecule has 2 rings (SSSR count). The van der Waals surface area contributed by atoms with E-state index in [-0.39, 0.29) is 6.04 Å². The number of benzene rings is 2. The third kappa shape index (κ3) is 3.35. The van der Waals surface area contributed by atoms with Crippen LogP contribution < -0.4 is 16.0 Å². The van der Waals surface area contributed by atoms with Crippen molar-refractivity contribution in [1.82, 2.24) is 5.43 Å². The second-order valence-corrected chi connectivity index (χ2v) is 4.98. The van der Waals surface area contributed by atoms with Crippen LogP contribution >= 0.6 is 15.9 Å². The summed E-state index contributed by atoms with van der Waals surface area (Å²) in [6.45, 7) is 2.64. The molecular formula is C15H17BrN2O. The van der Waals surface area contributed by atoms with Crippen LogP contribution in [0.25, 0.3) is 0 Å². The standard InChI is InChI=1S/C15H17BrN2O/c1-2-19-12-9-7-11(8-10-12)15(18-17)13-5-3-4-6-14(13)16/h3-10,15,18H,2,17H2,1H3. The van der Waals surface area contributed by atoms with Crippen LogP contribution in [0.5, 0.6) is 5.75 Å². The molecule has 4 heteroatoms. The minimum Gasteiger partial charge on any atom is -0.494 e. The first-order valence-corrected chi connectivity index (χ1v) is 6.99. The number of rotatable bonds is 5. The molecule has 0 fully saturated rings. The van der Waals surface area contributed by atoms with Gasteiger partial charge in [-0.05, 0) is 36.2 Å². The van der Waals surface area contributed by atoms with Crippen LogP contribution in [0.4, 0.5) is 0 Å². The number of ether oxygens (including phenoxy) is 1. The maximum absolute atomic E-state index is 5.70. The highest BCUT2D eigenvalue weighted by molar-refractivity contribution is 9.10. The summed E-state index contributed by atoms with van der Waals surface area (Å²) < 4.78 is 6.48. The van der Waals surface area contributed by atoms with Crippen LogP contribution in [0, 0.1) is 0 Å². The summed E-state index contributed by atoms with van der Waals surface area (Å²) in [6, 6.07) is 16.0. The highest BCUT2D eigenvalue weighted by atomic mass is 79.9. The van der Waals surface area contributed by atoms with Gasteiger partial charge in [0.15, 0.2) is 0 Å². The topological polar surface area (TPSA) is 47.3 Å². The van der Waals surface area contributed by atoms with Gasteiger partial charge in [-0.2, -0.15) is 0 Å². The molecule has 0 aliphatic heterocycles. The Hall–Kier alpha value is -1.36. The zero-order valence-corrected chi connectivity index (χ0v) is 12.4. The zero-order chi connectivity index (χ0) is 13.7. The predicted molar refractivity (Wildman–Crippen MR) is 80.9 cm³/mol. The lowest BCUT2D eigenvalue weighted by Gasteiger charge is -2.18. The van der Waals surface area contributed by atoms with Crippen LogP contribution in [-0.2, 0) is 0 Å².